The van der Waals surface area contributed by atoms with Gasteiger partial charge in [0.15, 0.2) is 0 Å². The van der Waals surface area contributed by atoms with Crippen LogP contribution >= 0.6 is 0 Å². The van der Waals surface area contributed by atoms with E-state index in [0.29, 0.717) is 36.9 Å². The van der Waals surface area contributed by atoms with Crippen molar-refractivity contribution in [3.05, 3.63) is 77.6 Å². The van der Waals surface area contributed by atoms with Gasteiger partial charge in [0.25, 0.3) is 11.8 Å². The van der Waals surface area contributed by atoms with Gasteiger partial charge in [-0.15, -0.1) is 0 Å². The normalized spacial score (nSPS) is 13.9. The minimum absolute atomic E-state index is 0.136. The van der Waals surface area contributed by atoms with Crippen LogP contribution in [-0.4, -0.2) is 52.3 Å². The highest BCUT2D eigenvalue weighted by Gasteiger charge is 2.43. The van der Waals surface area contributed by atoms with E-state index in [4.69, 9.17) is 4.52 Å². The maximum absolute atomic E-state index is 13.4. The Morgan fingerprint density at radius 1 is 1.00 bits per heavy atom. The predicted octanol–water partition coefficient (Wildman–Crippen LogP) is 4.44. The molecule has 3 amide bonds. The van der Waals surface area contributed by atoms with Gasteiger partial charge in [-0.05, 0) is 30.9 Å². The van der Waals surface area contributed by atoms with Crippen LogP contribution in [0.4, 0.5) is 0 Å². The van der Waals surface area contributed by atoms with Gasteiger partial charge in [-0.25, -0.2) is 0 Å². The quantitative estimate of drug-likeness (QED) is 0.442. The van der Waals surface area contributed by atoms with Crippen molar-refractivity contribution < 1.29 is 18.9 Å². The smallest absolute Gasteiger partial charge is 0.262 e. The number of nitrogens with zero attached hydrogens (tertiary/aromatic N) is 3. The summed E-state index contributed by atoms with van der Waals surface area (Å²) >= 11 is 0. The zero-order valence-electron chi connectivity index (χ0n) is 19.7. The SMILES string of the molecule is CC(C)CC(C(=O)N(C)CCCc1cc(-c2ccccc2)no1)N1C(=O)c2ccccc2C1=O. The molecule has 1 atom stereocenters. The number of benzene rings is 2. The van der Waals surface area contributed by atoms with Crippen LogP contribution in [-0.2, 0) is 11.2 Å². The molecule has 4 rings (SSSR count). The summed E-state index contributed by atoms with van der Waals surface area (Å²) in [6, 6.07) is 17.6. The van der Waals surface area contributed by atoms with E-state index < -0.39 is 17.9 Å². The molecule has 34 heavy (non-hydrogen) atoms. The molecular weight excluding hydrogens is 430 g/mol. The van der Waals surface area contributed by atoms with E-state index in [2.05, 4.69) is 5.16 Å². The first-order valence-electron chi connectivity index (χ1n) is 11.6. The van der Waals surface area contributed by atoms with Gasteiger partial charge in [-0.1, -0.05) is 61.5 Å². The number of hydrogen-bond acceptors (Lipinski definition) is 5. The van der Waals surface area contributed by atoms with Crippen molar-refractivity contribution in [2.75, 3.05) is 13.6 Å². The Kier molecular flexibility index (Phi) is 6.91. The molecule has 2 heterocycles. The van der Waals surface area contributed by atoms with Crippen molar-refractivity contribution in [2.45, 2.75) is 39.2 Å². The summed E-state index contributed by atoms with van der Waals surface area (Å²) in [7, 11) is 1.71. The van der Waals surface area contributed by atoms with Crippen molar-refractivity contribution in [3.63, 3.8) is 0 Å². The largest absolute Gasteiger partial charge is 0.361 e. The second-order valence-electron chi connectivity index (χ2n) is 9.08. The molecule has 0 saturated heterocycles. The number of rotatable bonds is 9. The molecule has 1 aromatic heterocycles. The van der Waals surface area contributed by atoms with Crippen molar-refractivity contribution >= 4 is 17.7 Å². The zero-order valence-corrected chi connectivity index (χ0v) is 19.7. The molecule has 0 spiro atoms. The average Bonchev–Trinajstić information content (AvgIpc) is 3.41. The maximum Gasteiger partial charge on any atom is 0.262 e. The molecule has 0 aliphatic carbocycles. The Morgan fingerprint density at radius 2 is 1.62 bits per heavy atom. The zero-order chi connectivity index (χ0) is 24.2. The average molecular weight is 460 g/mol. The fourth-order valence-electron chi connectivity index (χ4n) is 4.28. The molecule has 1 aliphatic rings. The number of imide groups is 1. The summed E-state index contributed by atoms with van der Waals surface area (Å²) in [5.74, 6) is -0.145. The molecule has 0 fully saturated rings. The minimum Gasteiger partial charge on any atom is -0.361 e. The van der Waals surface area contributed by atoms with Gasteiger partial charge in [0.05, 0.1) is 11.1 Å². The van der Waals surface area contributed by atoms with E-state index in [9.17, 15) is 14.4 Å². The molecule has 7 nitrogen and oxygen atoms in total. The minimum atomic E-state index is -0.827. The second-order valence-corrected chi connectivity index (χ2v) is 9.08. The molecular formula is C27H29N3O4. The molecule has 0 radical (unpaired) electrons. The highest BCUT2D eigenvalue weighted by molar-refractivity contribution is 6.22. The summed E-state index contributed by atoms with van der Waals surface area (Å²) in [6.45, 7) is 4.43. The molecule has 0 N–H and O–H groups in total. The number of fused-ring (bicyclic) bond motifs is 1. The fourth-order valence-corrected chi connectivity index (χ4v) is 4.28. The Hall–Kier alpha value is -3.74. The van der Waals surface area contributed by atoms with E-state index in [1.807, 2.05) is 50.2 Å². The monoisotopic (exact) mass is 459 g/mol. The summed E-state index contributed by atoms with van der Waals surface area (Å²) in [5.41, 5.74) is 2.48. The Balaban J connectivity index is 1.40. The second kappa shape index (κ2) is 10.0. The first kappa shape index (κ1) is 23.4. The van der Waals surface area contributed by atoms with Crippen LogP contribution in [0.15, 0.2) is 65.2 Å². The van der Waals surface area contributed by atoms with Crippen LogP contribution in [0.5, 0.6) is 0 Å². The molecule has 1 unspecified atom stereocenters. The first-order chi connectivity index (χ1) is 16.4. The van der Waals surface area contributed by atoms with Gasteiger partial charge in [-0.2, -0.15) is 0 Å². The molecule has 1 aliphatic heterocycles. The lowest BCUT2D eigenvalue weighted by molar-refractivity contribution is -0.134. The number of hydrogen-bond donors (Lipinski definition) is 0. The van der Waals surface area contributed by atoms with E-state index >= 15 is 0 Å². The van der Waals surface area contributed by atoms with Gasteiger partial charge in [0, 0.05) is 31.6 Å². The molecule has 7 heteroatoms. The molecule has 0 saturated carbocycles. The Bertz CT molecular complexity index is 1150. The first-order valence-corrected chi connectivity index (χ1v) is 11.6. The van der Waals surface area contributed by atoms with E-state index in [1.54, 1.807) is 36.2 Å². The number of amides is 3. The number of carbonyl (C=O) groups is 3. The third-order valence-corrected chi connectivity index (χ3v) is 6.04. The maximum atomic E-state index is 13.4. The number of likely N-dealkylation sites (N-methyl/N-ethyl adjacent to an activating group) is 1. The van der Waals surface area contributed by atoms with Crippen LogP contribution < -0.4 is 0 Å². The lowest BCUT2D eigenvalue weighted by Gasteiger charge is -2.30. The van der Waals surface area contributed by atoms with Crippen LogP contribution in [0.3, 0.4) is 0 Å². The molecule has 3 aromatic rings. The highest BCUT2D eigenvalue weighted by atomic mass is 16.5. The number of aromatic nitrogens is 1. The standard InChI is InChI=1S/C27H29N3O4/c1-18(2)16-24(30-25(31)21-13-7-8-14-22(21)26(30)32)27(33)29(3)15-9-12-20-17-23(28-34-20)19-10-5-4-6-11-19/h4-8,10-11,13-14,17-18,24H,9,12,15-16H2,1-3H3. The van der Waals surface area contributed by atoms with Gasteiger partial charge in [-0.3, -0.25) is 19.3 Å². The van der Waals surface area contributed by atoms with Crippen molar-refractivity contribution in [1.29, 1.82) is 0 Å². The number of carbonyl (C=O) groups excluding carboxylic acids is 3. The Labute approximate surface area is 199 Å². The van der Waals surface area contributed by atoms with Gasteiger partial charge >= 0.3 is 0 Å². The summed E-state index contributed by atoms with van der Waals surface area (Å²) in [6.07, 6.45) is 1.71. The third kappa shape index (κ3) is 4.78. The van der Waals surface area contributed by atoms with Crippen LogP contribution in [0.1, 0.15) is 53.2 Å². The molecule has 0 bridgehead atoms. The van der Waals surface area contributed by atoms with Crippen molar-refractivity contribution in [2.24, 2.45) is 5.92 Å². The van der Waals surface area contributed by atoms with E-state index in [0.717, 1.165) is 21.9 Å². The van der Waals surface area contributed by atoms with E-state index in [1.165, 1.54) is 0 Å². The third-order valence-electron chi connectivity index (χ3n) is 6.04. The van der Waals surface area contributed by atoms with E-state index in [-0.39, 0.29) is 11.8 Å². The van der Waals surface area contributed by atoms with Crippen molar-refractivity contribution in [1.82, 2.24) is 15.0 Å². The number of aryl methyl sites for hydroxylation is 1. The van der Waals surface area contributed by atoms with Crippen LogP contribution in [0.2, 0.25) is 0 Å². The lowest BCUT2D eigenvalue weighted by Crippen LogP contribution is -2.50. The summed E-state index contributed by atoms with van der Waals surface area (Å²) < 4.78 is 5.46. The molecule has 176 valence electrons. The van der Waals surface area contributed by atoms with Gasteiger partial charge < -0.3 is 9.42 Å². The topological polar surface area (TPSA) is 83.7 Å². The fraction of sp³-hybridized carbons (Fsp3) is 0.333. The van der Waals surface area contributed by atoms with Crippen molar-refractivity contribution in [3.8, 4) is 11.3 Å². The summed E-state index contributed by atoms with van der Waals surface area (Å²) in [4.78, 5) is 42.1. The lowest BCUT2D eigenvalue weighted by atomic mass is 10.0. The van der Waals surface area contributed by atoms with Crippen LogP contribution in [0, 0.1) is 5.92 Å². The highest BCUT2D eigenvalue weighted by Crippen LogP contribution is 2.28. The van der Waals surface area contributed by atoms with Gasteiger partial charge in [0.1, 0.15) is 17.5 Å². The summed E-state index contributed by atoms with van der Waals surface area (Å²) in [5, 5.41) is 4.13. The Morgan fingerprint density at radius 3 is 2.24 bits per heavy atom. The van der Waals surface area contributed by atoms with Crippen LogP contribution in [0.25, 0.3) is 11.3 Å². The predicted molar refractivity (Wildman–Crippen MR) is 128 cm³/mol. The van der Waals surface area contributed by atoms with Gasteiger partial charge in [0.2, 0.25) is 5.91 Å². The molecule has 2 aromatic carbocycles.